The number of rotatable bonds is 7. The van der Waals surface area contributed by atoms with E-state index in [1.165, 1.54) is 18.7 Å². The molecule has 4 aromatic rings. The molecule has 10 heteroatoms. The highest BCUT2D eigenvalue weighted by Crippen LogP contribution is 2.37. The van der Waals surface area contributed by atoms with E-state index in [1.807, 2.05) is 23.2 Å². The molecule has 0 bridgehead atoms. The SMILES string of the molecule is C=CC(=O)N1CCC(c2c[nH]c3ncnc(Nc4ccc(OCc5ccncn5)c(Cl)c4)c23)CC1. The lowest BCUT2D eigenvalue weighted by atomic mass is 9.89. The summed E-state index contributed by atoms with van der Waals surface area (Å²) < 4.78 is 5.80. The minimum atomic E-state index is -0.0191. The number of ether oxygens (including phenoxy) is 1. The minimum Gasteiger partial charge on any atom is -0.486 e. The third-order valence-electron chi connectivity index (χ3n) is 6.13. The van der Waals surface area contributed by atoms with Gasteiger partial charge in [0.15, 0.2) is 0 Å². The molecule has 2 N–H and O–H groups in total. The Bertz CT molecular complexity index is 1350. The van der Waals surface area contributed by atoms with Gasteiger partial charge in [-0.1, -0.05) is 18.2 Å². The summed E-state index contributed by atoms with van der Waals surface area (Å²) in [5.41, 5.74) is 3.45. The number of carbonyl (C=O) groups is 1. The number of aromatic amines is 1. The normalized spacial score (nSPS) is 14.1. The number of aromatic nitrogens is 5. The van der Waals surface area contributed by atoms with Gasteiger partial charge in [0, 0.05) is 31.2 Å². The van der Waals surface area contributed by atoms with Crippen LogP contribution in [0.4, 0.5) is 11.5 Å². The van der Waals surface area contributed by atoms with E-state index < -0.39 is 0 Å². The van der Waals surface area contributed by atoms with E-state index in [1.54, 1.807) is 18.3 Å². The fraction of sp³-hybridized carbons (Fsp3) is 0.240. The first kappa shape index (κ1) is 22.8. The molecule has 3 aromatic heterocycles. The van der Waals surface area contributed by atoms with E-state index >= 15 is 0 Å². The topological polar surface area (TPSA) is 109 Å². The molecule has 1 aromatic carbocycles. The van der Waals surface area contributed by atoms with Gasteiger partial charge in [0.1, 0.15) is 36.5 Å². The summed E-state index contributed by atoms with van der Waals surface area (Å²) >= 11 is 6.49. The number of piperidine rings is 1. The molecule has 0 atom stereocenters. The third kappa shape index (κ3) is 4.95. The van der Waals surface area contributed by atoms with Crippen LogP contribution in [0.5, 0.6) is 5.75 Å². The van der Waals surface area contributed by atoms with Crippen molar-refractivity contribution in [1.82, 2.24) is 29.8 Å². The molecule has 1 aliphatic rings. The molecule has 9 nitrogen and oxygen atoms in total. The van der Waals surface area contributed by atoms with Gasteiger partial charge in [0.25, 0.3) is 0 Å². The number of fused-ring (bicyclic) bond motifs is 1. The summed E-state index contributed by atoms with van der Waals surface area (Å²) in [6.45, 7) is 5.28. The zero-order chi connectivity index (χ0) is 24.2. The van der Waals surface area contributed by atoms with Crippen LogP contribution in [0.2, 0.25) is 5.02 Å². The largest absolute Gasteiger partial charge is 0.486 e. The Labute approximate surface area is 207 Å². The van der Waals surface area contributed by atoms with E-state index in [9.17, 15) is 4.79 Å². The summed E-state index contributed by atoms with van der Waals surface area (Å²) in [6.07, 6.45) is 9.78. The first-order valence-corrected chi connectivity index (χ1v) is 11.7. The predicted molar refractivity (Wildman–Crippen MR) is 134 cm³/mol. The number of anilines is 2. The second-order valence-electron chi connectivity index (χ2n) is 8.25. The van der Waals surface area contributed by atoms with Crippen molar-refractivity contribution in [2.45, 2.75) is 25.4 Å². The summed E-state index contributed by atoms with van der Waals surface area (Å²) in [6, 6.07) is 7.30. The summed E-state index contributed by atoms with van der Waals surface area (Å²) in [7, 11) is 0. The van der Waals surface area contributed by atoms with E-state index in [0.717, 1.165) is 40.8 Å². The lowest BCUT2D eigenvalue weighted by Crippen LogP contribution is -2.36. The van der Waals surface area contributed by atoms with Crippen molar-refractivity contribution in [3.8, 4) is 5.75 Å². The van der Waals surface area contributed by atoms with Gasteiger partial charge in [0.2, 0.25) is 5.91 Å². The van der Waals surface area contributed by atoms with Crippen LogP contribution in [0, 0.1) is 0 Å². The Morgan fingerprint density at radius 3 is 2.83 bits per heavy atom. The first-order valence-electron chi connectivity index (χ1n) is 11.3. The molecule has 0 spiro atoms. The highest BCUT2D eigenvalue weighted by Gasteiger charge is 2.26. The van der Waals surface area contributed by atoms with Crippen molar-refractivity contribution in [3.05, 3.63) is 78.2 Å². The number of benzene rings is 1. The van der Waals surface area contributed by atoms with Crippen molar-refractivity contribution >= 4 is 40.0 Å². The van der Waals surface area contributed by atoms with Gasteiger partial charge < -0.3 is 19.9 Å². The Morgan fingerprint density at radius 1 is 1.23 bits per heavy atom. The molecule has 1 amide bonds. The van der Waals surface area contributed by atoms with Crippen molar-refractivity contribution in [2.75, 3.05) is 18.4 Å². The maximum absolute atomic E-state index is 11.9. The van der Waals surface area contributed by atoms with Crippen molar-refractivity contribution < 1.29 is 9.53 Å². The Hall–Kier alpha value is -3.98. The molecule has 0 saturated carbocycles. The first-order chi connectivity index (χ1) is 17.1. The number of hydrogen-bond acceptors (Lipinski definition) is 7. The van der Waals surface area contributed by atoms with Crippen molar-refractivity contribution in [3.63, 3.8) is 0 Å². The maximum atomic E-state index is 11.9. The number of likely N-dealkylation sites (tertiary alicyclic amines) is 1. The Kier molecular flexibility index (Phi) is 6.58. The molecule has 1 saturated heterocycles. The highest BCUT2D eigenvalue weighted by atomic mass is 35.5. The molecule has 0 radical (unpaired) electrons. The number of nitrogens with zero attached hydrogens (tertiary/aromatic N) is 5. The van der Waals surface area contributed by atoms with Gasteiger partial charge in [-0.3, -0.25) is 4.79 Å². The zero-order valence-corrected chi connectivity index (χ0v) is 19.7. The Morgan fingerprint density at radius 2 is 2.09 bits per heavy atom. The highest BCUT2D eigenvalue weighted by molar-refractivity contribution is 6.32. The fourth-order valence-electron chi connectivity index (χ4n) is 4.33. The van der Waals surface area contributed by atoms with Crippen LogP contribution in [-0.2, 0) is 11.4 Å². The van der Waals surface area contributed by atoms with Crippen LogP contribution in [0.1, 0.15) is 30.0 Å². The van der Waals surface area contributed by atoms with Crippen LogP contribution in [0.25, 0.3) is 11.0 Å². The number of carbonyl (C=O) groups excluding carboxylic acids is 1. The lowest BCUT2D eigenvalue weighted by Gasteiger charge is -2.31. The average molecular weight is 490 g/mol. The summed E-state index contributed by atoms with van der Waals surface area (Å²) in [5.74, 6) is 1.54. The average Bonchev–Trinajstić information content (AvgIpc) is 3.34. The molecule has 1 aliphatic heterocycles. The predicted octanol–water partition coefficient (Wildman–Crippen LogP) is 4.62. The second-order valence-corrected chi connectivity index (χ2v) is 8.66. The zero-order valence-electron chi connectivity index (χ0n) is 18.9. The molecule has 5 rings (SSSR count). The third-order valence-corrected chi connectivity index (χ3v) is 6.43. The van der Waals surface area contributed by atoms with Gasteiger partial charge in [-0.05, 0) is 54.7 Å². The molecule has 1 fully saturated rings. The smallest absolute Gasteiger partial charge is 0.245 e. The van der Waals surface area contributed by atoms with Crippen LogP contribution >= 0.6 is 11.6 Å². The summed E-state index contributed by atoms with van der Waals surface area (Å²) in [5, 5.41) is 4.80. The quantitative estimate of drug-likeness (QED) is 0.365. The van der Waals surface area contributed by atoms with Crippen molar-refractivity contribution in [2.24, 2.45) is 0 Å². The van der Waals surface area contributed by atoms with Crippen LogP contribution in [0.3, 0.4) is 0 Å². The number of halogens is 1. The number of nitrogens with one attached hydrogen (secondary N) is 2. The van der Waals surface area contributed by atoms with Crippen LogP contribution < -0.4 is 10.1 Å². The van der Waals surface area contributed by atoms with E-state index in [2.05, 4.69) is 36.8 Å². The van der Waals surface area contributed by atoms with Gasteiger partial charge in [-0.25, -0.2) is 19.9 Å². The van der Waals surface area contributed by atoms with E-state index in [0.29, 0.717) is 42.2 Å². The molecule has 4 heterocycles. The molecule has 178 valence electrons. The monoisotopic (exact) mass is 489 g/mol. The second kappa shape index (κ2) is 10.1. The lowest BCUT2D eigenvalue weighted by molar-refractivity contribution is -0.127. The number of amides is 1. The van der Waals surface area contributed by atoms with Gasteiger partial charge in [-0.15, -0.1) is 0 Å². The molecular formula is C25H24ClN7O2. The number of H-pyrrole nitrogens is 1. The van der Waals surface area contributed by atoms with Crippen molar-refractivity contribution in [1.29, 1.82) is 0 Å². The number of hydrogen-bond donors (Lipinski definition) is 2. The molecule has 0 unspecified atom stereocenters. The van der Waals surface area contributed by atoms with Gasteiger partial charge >= 0.3 is 0 Å². The van der Waals surface area contributed by atoms with Crippen LogP contribution in [-0.4, -0.2) is 48.8 Å². The molecule has 35 heavy (non-hydrogen) atoms. The molecular weight excluding hydrogens is 466 g/mol. The Balaban J connectivity index is 1.33. The molecule has 0 aliphatic carbocycles. The fourth-order valence-corrected chi connectivity index (χ4v) is 4.57. The standard InChI is InChI=1S/C25H24ClN7O2/c1-2-22(34)33-9-6-16(7-10-33)19-12-28-24-23(19)25(31-15-30-24)32-17-3-4-21(20(26)11-17)35-13-18-5-8-27-14-29-18/h2-5,8,11-12,14-16H,1,6-7,9-10,13H2,(H2,28,30,31,32). The van der Waals surface area contributed by atoms with E-state index in [-0.39, 0.29) is 5.91 Å². The minimum absolute atomic E-state index is 0.0191. The summed E-state index contributed by atoms with van der Waals surface area (Å²) in [4.78, 5) is 34.0. The van der Waals surface area contributed by atoms with E-state index in [4.69, 9.17) is 16.3 Å². The van der Waals surface area contributed by atoms with Crippen LogP contribution in [0.15, 0.2) is 62.0 Å². The van der Waals surface area contributed by atoms with Gasteiger partial charge in [0.05, 0.1) is 16.1 Å². The van der Waals surface area contributed by atoms with Gasteiger partial charge in [-0.2, -0.15) is 0 Å². The maximum Gasteiger partial charge on any atom is 0.245 e.